The van der Waals surface area contributed by atoms with Crippen molar-refractivity contribution in [2.75, 3.05) is 19.8 Å². The lowest BCUT2D eigenvalue weighted by Gasteiger charge is -2.20. The van der Waals surface area contributed by atoms with Crippen LogP contribution in [-0.2, 0) is 4.79 Å². The second-order valence-electron chi connectivity index (χ2n) is 6.72. The number of carbonyl (C=O) groups is 1. The van der Waals surface area contributed by atoms with Crippen molar-refractivity contribution in [1.29, 1.82) is 0 Å². The zero-order chi connectivity index (χ0) is 16.8. The highest BCUT2D eigenvalue weighted by Gasteiger charge is 2.16. The Morgan fingerprint density at radius 2 is 2.04 bits per heavy atom. The molecule has 1 N–H and O–H groups in total. The van der Waals surface area contributed by atoms with Crippen LogP contribution < -0.4 is 14.8 Å². The first-order valence-corrected chi connectivity index (χ1v) is 9.06. The lowest BCUT2D eigenvalue weighted by molar-refractivity contribution is -0.121. The number of allylic oxidation sites excluding steroid dienone is 1. The maximum absolute atomic E-state index is 12.2. The Hall–Kier alpha value is -1.97. The summed E-state index contributed by atoms with van der Waals surface area (Å²) in [6.07, 6.45) is 8.83. The quantitative estimate of drug-likeness (QED) is 0.804. The van der Waals surface area contributed by atoms with E-state index in [1.54, 1.807) is 0 Å². The van der Waals surface area contributed by atoms with Gasteiger partial charge in [0.05, 0.1) is 0 Å². The van der Waals surface area contributed by atoms with Gasteiger partial charge >= 0.3 is 0 Å². The molecule has 1 unspecified atom stereocenters. The minimum Gasteiger partial charge on any atom is -0.486 e. The van der Waals surface area contributed by atoms with Crippen LogP contribution in [0.15, 0.2) is 29.8 Å². The topological polar surface area (TPSA) is 47.6 Å². The van der Waals surface area contributed by atoms with Gasteiger partial charge in [-0.15, -0.1) is 0 Å². The van der Waals surface area contributed by atoms with E-state index in [4.69, 9.17) is 9.47 Å². The molecule has 1 aromatic carbocycles. The van der Waals surface area contributed by atoms with E-state index in [-0.39, 0.29) is 11.8 Å². The maximum atomic E-state index is 12.2. The van der Waals surface area contributed by atoms with Gasteiger partial charge in [-0.1, -0.05) is 24.6 Å². The summed E-state index contributed by atoms with van der Waals surface area (Å²) in [6, 6.07) is 5.96. The van der Waals surface area contributed by atoms with Crippen molar-refractivity contribution in [1.82, 2.24) is 5.32 Å². The van der Waals surface area contributed by atoms with Gasteiger partial charge in [-0.3, -0.25) is 4.79 Å². The van der Waals surface area contributed by atoms with Crippen LogP contribution in [0.1, 0.15) is 56.9 Å². The Balaban J connectivity index is 1.46. The van der Waals surface area contributed by atoms with Crippen LogP contribution in [0.4, 0.5) is 0 Å². The third-order valence-electron chi connectivity index (χ3n) is 4.78. The predicted molar refractivity (Wildman–Crippen MR) is 94.6 cm³/mol. The Morgan fingerprint density at radius 3 is 2.83 bits per heavy atom. The Labute approximate surface area is 144 Å². The first-order valence-electron chi connectivity index (χ1n) is 9.06. The van der Waals surface area contributed by atoms with Gasteiger partial charge in [-0.25, -0.2) is 0 Å². The number of amides is 1. The molecule has 4 nitrogen and oxygen atoms in total. The molecule has 1 atom stereocenters. The van der Waals surface area contributed by atoms with E-state index in [2.05, 4.69) is 18.3 Å². The molecule has 1 aliphatic carbocycles. The second-order valence-corrected chi connectivity index (χ2v) is 6.72. The van der Waals surface area contributed by atoms with Gasteiger partial charge in [0.2, 0.25) is 5.91 Å². The van der Waals surface area contributed by atoms with E-state index < -0.39 is 0 Å². The standard InChI is InChI=1S/C20H27NO3/c1-15(17-7-8-18-19(14-17)24-12-11-23-18)13-20(22)21-10-9-16-5-3-2-4-6-16/h5,7-8,14-15H,2-4,6,9-13H2,1H3,(H,21,22). The molecule has 1 aromatic rings. The van der Waals surface area contributed by atoms with Gasteiger partial charge in [-0.2, -0.15) is 0 Å². The number of carbonyl (C=O) groups excluding carboxylic acids is 1. The average Bonchev–Trinajstić information content (AvgIpc) is 2.62. The summed E-state index contributed by atoms with van der Waals surface area (Å²) in [5, 5.41) is 3.06. The molecule has 1 aliphatic heterocycles. The number of fused-ring (bicyclic) bond motifs is 1. The van der Waals surface area contributed by atoms with Gasteiger partial charge in [0, 0.05) is 13.0 Å². The lowest BCUT2D eigenvalue weighted by Crippen LogP contribution is -2.26. The van der Waals surface area contributed by atoms with Crippen molar-refractivity contribution in [3.63, 3.8) is 0 Å². The summed E-state index contributed by atoms with van der Waals surface area (Å²) >= 11 is 0. The molecule has 0 fully saturated rings. The van der Waals surface area contributed by atoms with E-state index in [0.29, 0.717) is 19.6 Å². The zero-order valence-corrected chi connectivity index (χ0v) is 14.5. The van der Waals surface area contributed by atoms with Gasteiger partial charge in [-0.05, 0) is 55.7 Å². The van der Waals surface area contributed by atoms with Crippen LogP contribution in [0.2, 0.25) is 0 Å². The minimum absolute atomic E-state index is 0.119. The summed E-state index contributed by atoms with van der Waals surface area (Å²) in [6.45, 7) is 4.01. The van der Waals surface area contributed by atoms with E-state index in [1.165, 1.54) is 31.3 Å². The Kier molecular flexibility index (Phi) is 5.78. The highest BCUT2D eigenvalue weighted by atomic mass is 16.6. The van der Waals surface area contributed by atoms with Gasteiger partial charge in [0.15, 0.2) is 11.5 Å². The highest BCUT2D eigenvalue weighted by Crippen LogP contribution is 2.33. The fourth-order valence-electron chi connectivity index (χ4n) is 3.33. The van der Waals surface area contributed by atoms with E-state index in [0.717, 1.165) is 30.0 Å². The molecule has 0 saturated carbocycles. The van der Waals surface area contributed by atoms with Gasteiger partial charge in [0.1, 0.15) is 13.2 Å². The number of ether oxygens (including phenoxy) is 2. The smallest absolute Gasteiger partial charge is 0.220 e. The first-order chi connectivity index (χ1) is 11.7. The third-order valence-corrected chi connectivity index (χ3v) is 4.78. The lowest BCUT2D eigenvalue weighted by atomic mass is 9.96. The van der Waals surface area contributed by atoms with Crippen LogP contribution in [0.25, 0.3) is 0 Å². The normalized spacial score (nSPS) is 17.8. The molecule has 0 aromatic heterocycles. The largest absolute Gasteiger partial charge is 0.486 e. The van der Waals surface area contributed by atoms with Crippen molar-refractivity contribution < 1.29 is 14.3 Å². The molecule has 2 aliphatic rings. The summed E-state index contributed by atoms with van der Waals surface area (Å²) in [4.78, 5) is 12.2. The molecular formula is C20H27NO3. The summed E-state index contributed by atoms with van der Waals surface area (Å²) in [5.74, 6) is 1.86. The maximum Gasteiger partial charge on any atom is 0.220 e. The molecule has 0 spiro atoms. The van der Waals surface area contributed by atoms with Gasteiger partial charge in [0.25, 0.3) is 0 Å². The SMILES string of the molecule is CC(CC(=O)NCCC1=CCCCC1)c1ccc2c(c1)OCCO2. The van der Waals surface area contributed by atoms with Crippen LogP contribution in [-0.4, -0.2) is 25.7 Å². The fourth-order valence-corrected chi connectivity index (χ4v) is 3.33. The summed E-state index contributed by atoms with van der Waals surface area (Å²) < 4.78 is 11.2. The van der Waals surface area contributed by atoms with Crippen molar-refractivity contribution in [2.24, 2.45) is 0 Å². The van der Waals surface area contributed by atoms with Crippen molar-refractivity contribution >= 4 is 5.91 Å². The molecule has 0 saturated heterocycles. The Bertz CT molecular complexity index is 609. The molecule has 24 heavy (non-hydrogen) atoms. The molecule has 3 rings (SSSR count). The van der Waals surface area contributed by atoms with E-state index in [9.17, 15) is 4.79 Å². The molecule has 1 heterocycles. The van der Waals surface area contributed by atoms with Crippen molar-refractivity contribution in [3.05, 3.63) is 35.4 Å². The third kappa shape index (κ3) is 4.53. The number of nitrogens with one attached hydrogen (secondary N) is 1. The number of hydrogen-bond acceptors (Lipinski definition) is 3. The molecular weight excluding hydrogens is 302 g/mol. The molecule has 0 bridgehead atoms. The van der Waals surface area contributed by atoms with Gasteiger partial charge < -0.3 is 14.8 Å². The number of hydrogen-bond donors (Lipinski definition) is 1. The van der Waals surface area contributed by atoms with Crippen molar-refractivity contribution in [3.8, 4) is 11.5 Å². The number of benzene rings is 1. The van der Waals surface area contributed by atoms with E-state index in [1.807, 2.05) is 18.2 Å². The average molecular weight is 329 g/mol. The second kappa shape index (κ2) is 8.22. The van der Waals surface area contributed by atoms with Crippen LogP contribution in [0.5, 0.6) is 11.5 Å². The van der Waals surface area contributed by atoms with Crippen LogP contribution in [0.3, 0.4) is 0 Å². The highest BCUT2D eigenvalue weighted by molar-refractivity contribution is 5.76. The first kappa shape index (κ1) is 16.9. The van der Waals surface area contributed by atoms with Crippen LogP contribution in [0, 0.1) is 0 Å². The summed E-state index contributed by atoms with van der Waals surface area (Å²) in [5.41, 5.74) is 2.62. The minimum atomic E-state index is 0.119. The zero-order valence-electron chi connectivity index (χ0n) is 14.5. The molecule has 1 amide bonds. The fraction of sp³-hybridized carbons (Fsp3) is 0.550. The molecule has 0 radical (unpaired) electrons. The molecule has 4 heteroatoms. The predicted octanol–water partition coefficient (Wildman–Crippen LogP) is 3.96. The van der Waals surface area contributed by atoms with Crippen molar-refractivity contribution in [2.45, 2.75) is 51.4 Å². The molecule has 130 valence electrons. The number of rotatable bonds is 6. The van der Waals surface area contributed by atoms with E-state index >= 15 is 0 Å². The summed E-state index contributed by atoms with van der Waals surface area (Å²) in [7, 11) is 0. The van der Waals surface area contributed by atoms with Crippen LogP contribution >= 0.6 is 0 Å². The monoisotopic (exact) mass is 329 g/mol. The Morgan fingerprint density at radius 1 is 1.21 bits per heavy atom.